The highest BCUT2D eigenvalue weighted by Crippen LogP contribution is 2.25. The Hall–Kier alpha value is -3.05. The first kappa shape index (κ1) is 23.1. The predicted octanol–water partition coefficient (Wildman–Crippen LogP) is 4.39. The fourth-order valence-electron chi connectivity index (χ4n) is 3.30. The van der Waals surface area contributed by atoms with Crippen molar-refractivity contribution in [2.24, 2.45) is 0 Å². The second-order valence-corrected chi connectivity index (χ2v) is 9.17. The molecule has 4 rings (SSSR count). The van der Waals surface area contributed by atoms with Crippen molar-refractivity contribution < 1.29 is 9.21 Å². The molecule has 1 amide bonds. The molecular formula is C22H25N7O2S2. The molecule has 0 aromatic carbocycles. The molecule has 4 aromatic heterocycles. The number of thioether (sulfide) groups is 1. The van der Waals surface area contributed by atoms with Gasteiger partial charge in [0.2, 0.25) is 11.8 Å². The van der Waals surface area contributed by atoms with Crippen molar-refractivity contribution >= 4 is 29.0 Å². The molecule has 4 heterocycles. The van der Waals surface area contributed by atoms with Gasteiger partial charge >= 0.3 is 0 Å². The quantitative estimate of drug-likeness (QED) is 0.289. The van der Waals surface area contributed by atoms with Crippen LogP contribution in [0, 0.1) is 0 Å². The number of rotatable bonds is 11. The van der Waals surface area contributed by atoms with Crippen LogP contribution < -0.4 is 0 Å². The fraction of sp³-hybridized carbons (Fsp3) is 0.364. The molecule has 9 nitrogen and oxygen atoms in total. The Morgan fingerprint density at radius 1 is 1.12 bits per heavy atom. The van der Waals surface area contributed by atoms with Crippen LogP contribution in [0.2, 0.25) is 0 Å². The van der Waals surface area contributed by atoms with Crippen LogP contribution in [0.5, 0.6) is 0 Å². The largest absolute Gasteiger partial charge is 0.418 e. The maximum Gasteiger partial charge on any atom is 0.257 e. The number of nitrogens with zero attached hydrogens (tertiary/aromatic N) is 7. The van der Waals surface area contributed by atoms with E-state index in [9.17, 15) is 4.79 Å². The molecule has 0 radical (unpaired) electrons. The first-order valence-corrected chi connectivity index (χ1v) is 12.7. The molecule has 33 heavy (non-hydrogen) atoms. The summed E-state index contributed by atoms with van der Waals surface area (Å²) >= 11 is 2.93. The van der Waals surface area contributed by atoms with Crippen LogP contribution in [-0.2, 0) is 17.9 Å². The van der Waals surface area contributed by atoms with Gasteiger partial charge in [-0.2, -0.15) is 0 Å². The van der Waals surface area contributed by atoms with Gasteiger partial charge in [-0.05, 0) is 36.4 Å². The molecule has 0 N–H and O–H groups in total. The van der Waals surface area contributed by atoms with Crippen molar-refractivity contribution in [3.05, 3.63) is 47.9 Å². The van der Waals surface area contributed by atoms with Crippen LogP contribution in [-0.4, -0.2) is 53.1 Å². The van der Waals surface area contributed by atoms with Gasteiger partial charge in [0.1, 0.15) is 0 Å². The molecular weight excluding hydrogens is 458 g/mol. The Kier molecular flexibility index (Phi) is 7.84. The highest BCUT2D eigenvalue weighted by atomic mass is 32.2. The number of thiophene rings is 1. The van der Waals surface area contributed by atoms with Gasteiger partial charge in [-0.1, -0.05) is 31.7 Å². The SMILES string of the molecule is CCCN(Cc1nnc(-c2cccs2)o1)C(=O)CSc1nnc(-c2ccncc2)n1CCC. The number of pyridine rings is 1. The number of carbonyl (C=O) groups is 1. The molecule has 0 saturated heterocycles. The molecule has 11 heteroatoms. The third-order valence-electron chi connectivity index (χ3n) is 4.80. The first-order valence-electron chi connectivity index (χ1n) is 10.8. The minimum atomic E-state index is -0.00534. The van der Waals surface area contributed by atoms with Gasteiger partial charge in [0, 0.05) is 31.0 Å². The van der Waals surface area contributed by atoms with Crippen molar-refractivity contribution in [2.45, 2.75) is 44.9 Å². The molecule has 0 aliphatic rings. The van der Waals surface area contributed by atoms with E-state index < -0.39 is 0 Å². The molecule has 4 aromatic rings. The van der Waals surface area contributed by atoms with Gasteiger partial charge in [0.15, 0.2) is 11.0 Å². The van der Waals surface area contributed by atoms with Gasteiger partial charge in [0.05, 0.1) is 17.2 Å². The van der Waals surface area contributed by atoms with E-state index in [0.29, 0.717) is 18.3 Å². The van der Waals surface area contributed by atoms with Crippen LogP contribution in [0.4, 0.5) is 0 Å². The summed E-state index contributed by atoms with van der Waals surface area (Å²) < 4.78 is 7.84. The minimum absolute atomic E-state index is 0.00534. The molecule has 0 unspecified atom stereocenters. The average molecular weight is 484 g/mol. The van der Waals surface area contributed by atoms with E-state index in [1.807, 2.05) is 36.6 Å². The molecule has 0 aliphatic heterocycles. The molecule has 172 valence electrons. The standard InChI is InChI=1S/C22H25N7O2S2/c1-3-11-28(14-18-24-26-21(31-18)17-6-5-13-32-17)19(30)15-33-22-27-25-20(29(22)12-4-2)16-7-9-23-10-8-16/h5-10,13H,3-4,11-12,14-15H2,1-2H3. The topological polar surface area (TPSA) is 103 Å². The third-order valence-corrected chi connectivity index (χ3v) is 6.61. The second kappa shape index (κ2) is 11.2. The van der Waals surface area contributed by atoms with E-state index in [0.717, 1.165) is 40.8 Å². The number of amides is 1. The summed E-state index contributed by atoms with van der Waals surface area (Å²) in [5.74, 6) is 1.94. The van der Waals surface area contributed by atoms with Gasteiger partial charge in [-0.15, -0.1) is 31.7 Å². The summed E-state index contributed by atoms with van der Waals surface area (Å²) in [4.78, 5) is 19.8. The zero-order valence-corrected chi connectivity index (χ0v) is 20.2. The molecule has 0 atom stereocenters. The highest BCUT2D eigenvalue weighted by molar-refractivity contribution is 7.99. The van der Waals surface area contributed by atoms with Crippen LogP contribution in [0.1, 0.15) is 32.6 Å². The normalized spacial score (nSPS) is 11.1. The van der Waals surface area contributed by atoms with Crippen LogP contribution >= 0.6 is 23.1 Å². The van der Waals surface area contributed by atoms with E-state index >= 15 is 0 Å². The van der Waals surface area contributed by atoms with Crippen LogP contribution in [0.3, 0.4) is 0 Å². The maximum atomic E-state index is 13.0. The summed E-state index contributed by atoms with van der Waals surface area (Å²) in [6.45, 7) is 5.81. The number of hydrogen-bond donors (Lipinski definition) is 0. The molecule has 0 spiro atoms. The lowest BCUT2D eigenvalue weighted by Crippen LogP contribution is -2.33. The Bertz CT molecular complexity index is 1160. The number of carbonyl (C=O) groups excluding carboxylic acids is 1. The molecule has 0 fully saturated rings. The maximum absolute atomic E-state index is 13.0. The van der Waals surface area contributed by atoms with Gasteiger partial charge in [-0.25, -0.2) is 0 Å². The number of hydrogen-bond acceptors (Lipinski definition) is 9. The fourth-order valence-corrected chi connectivity index (χ4v) is 4.81. The summed E-state index contributed by atoms with van der Waals surface area (Å²) in [5, 5.41) is 19.6. The monoisotopic (exact) mass is 483 g/mol. The van der Waals surface area contributed by atoms with Gasteiger partial charge in [-0.3, -0.25) is 9.78 Å². The molecule has 0 bridgehead atoms. The van der Waals surface area contributed by atoms with Crippen LogP contribution in [0.15, 0.2) is 51.6 Å². The van der Waals surface area contributed by atoms with Crippen molar-refractivity contribution in [1.29, 1.82) is 0 Å². The third kappa shape index (κ3) is 5.66. The van der Waals surface area contributed by atoms with Gasteiger partial charge in [0.25, 0.3) is 5.89 Å². The van der Waals surface area contributed by atoms with E-state index in [1.165, 1.54) is 23.1 Å². The van der Waals surface area contributed by atoms with E-state index in [1.54, 1.807) is 17.3 Å². The van der Waals surface area contributed by atoms with E-state index in [-0.39, 0.29) is 18.2 Å². The second-order valence-electron chi connectivity index (χ2n) is 7.28. The Morgan fingerprint density at radius 2 is 1.97 bits per heavy atom. The Morgan fingerprint density at radius 3 is 2.70 bits per heavy atom. The summed E-state index contributed by atoms with van der Waals surface area (Å²) in [5.41, 5.74) is 0.953. The average Bonchev–Trinajstić information content (AvgIpc) is 3.59. The zero-order chi connectivity index (χ0) is 23.0. The Labute approximate surface area is 200 Å². The summed E-state index contributed by atoms with van der Waals surface area (Å²) in [6, 6.07) is 7.69. The van der Waals surface area contributed by atoms with E-state index in [4.69, 9.17) is 4.42 Å². The van der Waals surface area contributed by atoms with Crippen molar-refractivity contribution in [3.63, 3.8) is 0 Å². The Balaban J connectivity index is 1.43. The zero-order valence-electron chi connectivity index (χ0n) is 18.5. The number of aromatic nitrogens is 6. The minimum Gasteiger partial charge on any atom is -0.418 e. The highest BCUT2D eigenvalue weighted by Gasteiger charge is 2.20. The van der Waals surface area contributed by atoms with Crippen molar-refractivity contribution in [1.82, 2.24) is 34.8 Å². The van der Waals surface area contributed by atoms with E-state index in [2.05, 4.69) is 36.9 Å². The molecule has 0 saturated carbocycles. The van der Waals surface area contributed by atoms with Gasteiger partial charge < -0.3 is 13.9 Å². The lowest BCUT2D eigenvalue weighted by atomic mass is 10.2. The molecule has 0 aliphatic carbocycles. The first-order chi connectivity index (χ1) is 16.2. The van der Waals surface area contributed by atoms with Crippen LogP contribution in [0.25, 0.3) is 22.2 Å². The van der Waals surface area contributed by atoms with Crippen molar-refractivity contribution in [2.75, 3.05) is 12.3 Å². The summed E-state index contributed by atoms with van der Waals surface area (Å²) in [6.07, 6.45) is 5.24. The smallest absolute Gasteiger partial charge is 0.257 e. The summed E-state index contributed by atoms with van der Waals surface area (Å²) in [7, 11) is 0. The van der Waals surface area contributed by atoms with Crippen molar-refractivity contribution in [3.8, 4) is 22.2 Å². The lowest BCUT2D eigenvalue weighted by Gasteiger charge is -2.20. The lowest BCUT2D eigenvalue weighted by molar-refractivity contribution is -0.129. The predicted molar refractivity (Wildman–Crippen MR) is 128 cm³/mol.